The van der Waals surface area contributed by atoms with Gasteiger partial charge in [-0.1, -0.05) is 12.1 Å². The molecule has 0 aliphatic carbocycles. The van der Waals surface area contributed by atoms with Crippen molar-refractivity contribution in [2.24, 2.45) is 0 Å². The lowest BCUT2D eigenvalue weighted by Crippen LogP contribution is -2.50. The van der Waals surface area contributed by atoms with Gasteiger partial charge in [0.25, 0.3) is 5.91 Å². The lowest BCUT2D eigenvalue weighted by atomic mass is 10.0. The zero-order valence-electron chi connectivity index (χ0n) is 14.9. The normalized spacial score (nSPS) is 23.0. The van der Waals surface area contributed by atoms with E-state index in [1.165, 1.54) is 12.1 Å². The van der Waals surface area contributed by atoms with Crippen molar-refractivity contribution >= 4 is 5.91 Å². The topological polar surface area (TPSA) is 62.8 Å². The number of nitrogens with one attached hydrogen (secondary N) is 2. The quantitative estimate of drug-likeness (QED) is 0.795. The number of alkyl halides is 3. The van der Waals surface area contributed by atoms with Crippen LogP contribution in [0.4, 0.5) is 13.2 Å². The minimum atomic E-state index is -4.37. The van der Waals surface area contributed by atoms with Crippen LogP contribution in [-0.2, 0) is 20.4 Å². The van der Waals surface area contributed by atoms with Crippen LogP contribution in [0.3, 0.4) is 0 Å². The molecule has 2 heterocycles. The highest BCUT2D eigenvalue weighted by Gasteiger charge is 2.31. The second-order valence-electron chi connectivity index (χ2n) is 6.59. The molecule has 0 bridgehead atoms. The van der Waals surface area contributed by atoms with Gasteiger partial charge in [-0.25, -0.2) is 0 Å². The molecule has 0 saturated carbocycles. The summed E-state index contributed by atoms with van der Waals surface area (Å²) in [7, 11) is 0. The predicted molar refractivity (Wildman–Crippen MR) is 92.2 cm³/mol. The summed E-state index contributed by atoms with van der Waals surface area (Å²) in [5.41, 5.74) is 0.0468. The van der Waals surface area contributed by atoms with Gasteiger partial charge in [-0.15, -0.1) is 0 Å². The van der Waals surface area contributed by atoms with Gasteiger partial charge in [0.15, 0.2) is 0 Å². The third-order valence-electron chi connectivity index (χ3n) is 4.80. The van der Waals surface area contributed by atoms with E-state index in [9.17, 15) is 18.0 Å². The summed E-state index contributed by atoms with van der Waals surface area (Å²) in [5, 5.41) is 5.98. The number of carbonyl (C=O) groups is 1. The van der Waals surface area contributed by atoms with Gasteiger partial charge < -0.3 is 20.1 Å². The Hall–Kier alpha value is -1.68. The molecule has 3 rings (SSSR count). The molecule has 1 aromatic carbocycles. The van der Waals surface area contributed by atoms with Gasteiger partial charge in [0, 0.05) is 32.7 Å². The second-order valence-corrected chi connectivity index (χ2v) is 6.59. The Balaban J connectivity index is 1.69. The maximum absolute atomic E-state index is 12.8. The number of amides is 1. The molecule has 2 fully saturated rings. The first kappa shape index (κ1) is 20.1. The summed E-state index contributed by atoms with van der Waals surface area (Å²) in [5.74, 6) is -0.215. The van der Waals surface area contributed by atoms with E-state index in [1.807, 2.05) is 0 Å². The summed E-state index contributed by atoms with van der Waals surface area (Å²) in [6.45, 7) is 4.36. The van der Waals surface area contributed by atoms with Crippen LogP contribution >= 0.6 is 0 Å². The second kappa shape index (κ2) is 9.01. The van der Waals surface area contributed by atoms with Crippen LogP contribution in [0.25, 0.3) is 0 Å². The summed E-state index contributed by atoms with van der Waals surface area (Å²) < 4.78 is 49.3. The number of hydrogen-bond donors (Lipinski definition) is 2. The SMILES string of the molecule is O=C(NCC(c1ccc(C(F)(F)F)cc1)N1CCOCC1)C1CNCCO1. The first-order valence-corrected chi connectivity index (χ1v) is 9.04. The number of carbonyl (C=O) groups excluding carboxylic acids is 1. The van der Waals surface area contributed by atoms with E-state index in [4.69, 9.17) is 9.47 Å². The number of halogens is 3. The smallest absolute Gasteiger partial charge is 0.379 e. The molecule has 0 spiro atoms. The monoisotopic (exact) mass is 387 g/mol. The van der Waals surface area contributed by atoms with Gasteiger partial charge in [-0.3, -0.25) is 9.69 Å². The molecular formula is C18H24F3N3O3. The number of hydrogen-bond acceptors (Lipinski definition) is 5. The molecule has 0 aromatic heterocycles. The van der Waals surface area contributed by atoms with Crippen molar-refractivity contribution in [3.8, 4) is 0 Å². The van der Waals surface area contributed by atoms with Crippen molar-refractivity contribution in [1.82, 2.24) is 15.5 Å². The Morgan fingerprint density at radius 2 is 1.93 bits per heavy atom. The summed E-state index contributed by atoms with van der Waals surface area (Å²) in [4.78, 5) is 14.5. The van der Waals surface area contributed by atoms with Crippen molar-refractivity contribution in [2.75, 3.05) is 52.5 Å². The highest BCUT2D eigenvalue weighted by molar-refractivity contribution is 5.81. The molecule has 27 heavy (non-hydrogen) atoms. The van der Waals surface area contributed by atoms with Crippen LogP contribution < -0.4 is 10.6 Å². The summed E-state index contributed by atoms with van der Waals surface area (Å²) >= 11 is 0. The molecule has 150 valence electrons. The van der Waals surface area contributed by atoms with Crippen LogP contribution in [0.2, 0.25) is 0 Å². The highest BCUT2D eigenvalue weighted by Crippen LogP contribution is 2.31. The van der Waals surface area contributed by atoms with Crippen molar-refractivity contribution < 1.29 is 27.4 Å². The largest absolute Gasteiger partial charge is 0.416 e. The Bertz CT molecular complexity index is 613. The van der Waals surface area contributed by atoms with E-state index in [2.05, 4.69) is 15.5 Å². The lowest BCUT2D eigenvalue weighted by molar-refractivity contribution is -0.137. The molecule has 1 amide bonds. The van der Waals surface area contributed by atoms with Gasteiger partial charge in [0.05, 0.1) is 31.4 Å². The fourth-order valence-corrected chi connectivity index (χ4v) is 3.29. The van der Waals surface area contributed by atoms with E-state index in [0.717, 1.165) is 17.7 Å². The average molecular weight is 387 g/mol. The molecule has 9 heteroatoms. The molecule has 2 aliphatic rings. The van der Waals surface area contributed by atoms with Crippen molar-refractivity contribution in [3.63, 3.8) is 0 Å². The lowest BCUT2D eigenvalue weighted by Gasteiger charge is -2.35. The third kappa shape index (κ3) is 5.41. The predicted octanol–water partition coefficient (Wildman–Crippen LogP) is 1.18. The number of nitrogens with zero attached hydrogens (tertiary/aromatic N) is 1. The van der Waals surface area contributed by atoms with E-state index in [-0.39, 0.29) is 11.9 Å². The first-order valence-electron chi connectivity index (χ1n) is 9.04. The van der Waals surface area contributed by atoms with Crippen LogP contribution in [-0.4, -0.2) is 69.5 Å². The van der Waals surface area contributed by atoms with E-state index in [0.29, 0.717) is 52.5 Å². The Labute approximate surface area is 156 Å². The first-order chi connectivity index (χ1) is 12.9. The van der Waals surface area contributed by atoms with Gasteiger partial charge in [-0.2, -0.15) is 13.2 Å². The molecule has 2 saturated heterocycles. The van der Waals surface area contributed by atoms with Crippen LogP contribution in [0.5, 0.6) is 0 Å². The zero-order chi connectivity index (χ0) is 19.3. The number of rotatable bonds is 5. The fraction of sp³-hybridized carbons (Fsp3) is 0.611. The molecule has 2 N–H and O–H groups in total. The standard InChI is InChI=1S/C18H24F3N3O3/c19-18(20,21)14-3-1-13(2-4-14)15(24-6-9-26-10-7-24)11-23-17(25)16-12-22-5-8-27-16/h1-4,15-16,22H,5-12H2,(H,23,25). The summed E-state index contributed by atoms with van der Waals surface area (Å²) in [6, 6.07) is 4.90. The highest BCUT2D eigenvalue weighted by atomic mass is 19.4. The number of morpholine rings is 2. The van der Waals surface area contributed by atoms with E-state index < -0.39 is 17.8 Å². The number of benzene rings is 1. The van der Waals surface area contributed by atoms with Crippen molar-refractivity contribution in [1.29, 1.82) is 0 Å². The zero-order valence-corrected chi connectivity index (χ0v) is 14.9. The minimum absolute atomic E-state index is 0.215. The minimum Gasteiger partial charge on any atom is -0.379 e. The number of ether oxygens (including phenoxy) is 2. The maximum Gasteiger partial charge on any atom is 0.416 e. The van der Waals surface area contributed by atoms with E-state index in [1.54, 1.807) is 0 Å². The Kier molecular flexibility index (Phi) is 6.69. The van der Waals surface area contributed by atoms with Gasteiger partial charge in [-0.05, 0) is 17.7 Å². The average Bonchev–Trinajstić information content (AvgIpc) is 2.69. The molecule has 0 radical (unpaired) electrons. The van der Waals surface area contributed by atoms with Crippen LogP contribution in [0, 0.1) is 0 Å². The van der Waals surface area contributed by atoms with Crippen molar-refractivity contribution in [2.45, 2.75) is 18.3 Å². The molecule has 2 unspecified atom stereocenters. The summed E-state index contributed by atoms with van der Waals surface area (Å²) in [6.07, 6.45) is -4.91. The van der Waals surface area contributed by atoms with E-state index >= 15 is 0 Å². The Morgan fingerprint density at radius 3 is 2.52 bits per heavy atom. The van der Waals surface area contributed by atoms with Crippen LogP contribution in [0.15, 0.2) is 24.3 Å². The van der Waals surface area contributed by atoms with Gasteiger partial charge in [0.2, 0.25) is 0 Å². The maximum atomic E-state index is 12.8. The molecule has 1 aromatic rings. The van der Waals surface area contributed by atoms with Gasteiger partial charge in [0.1, 0.15) is 6.10 Å². The Morgan fingerprint density at radius 1 is 1.22 bits per heavy atom. The third-order valence-corrected chi connectivity index (χ3v) is 4.80. The molecular weight excluding hydrogens is 363 g/mol. The fourth-order valence-electron chi connectivity index (χ4n) is 3.29. The molecule has 2 aliphatic heterocycles. The van der Waals surface area contributed by atoms with Crippen LogP contribution in [0.1, 0.15) is 17.2 Å². The molecule has 2 atom stereocenters. The molecule has 6 nitrogen and oxygen atoms in total. The van der Waals surface area contributed by atoms with Crippen molar-refractivity contribution in [3.05, 3.63) is 35.4 Å². The van der Waals surface area contributed by atoms with Gasteiger partial charge >= 0.3 is 6.18 Å².